The van der Waals surface area contributed by atoms with E-state index in [0.29, 0.717) is 10.3 Å². The van der Waals surface area contributed by atoms with Gasteiger partial charge in [0, 0.05) is 36.7 Å². The van der Waals surface area contributed by atoms with E-state index in [4.69, 9.17) is 0 Å². The normalized spacial score (nSPS) is 10.2. The molecule has 0 radical (unpaired) electrons. The number of halogens is 1. The van der Waals surface area contributed by atoms with E-state index >= 15 is 0 Å². The van der Waals surface area contributed by atoms with Crippen LogP contribution in [0.5, 0.6) is 0 Å². The van der Waals surface area contributed by atoms with Gasteiger partial charge in [-0.15, -0.1) is 0 Å². The van der Waals surface area contributed by atoms with Gasteiger partial charge in [-0.25, -0.2) is 4.98 Å². The van der Waals surface area contributed by atoms with Crippen LogP contribution in [0, 0.1) is 20.2 Å². The molecular formula is C26H39BrN4O4Sn. The number of unbranched alkanes of at least 4 members (excludes halogenated alkanes) is 3. The van der Waals surface area contributed by atoms with Crippen molar-refractivity contribution in [2.75, 3.05) is 0 Å². The molecule has 0 unspecified atom stereocenters. The molecule has 2 rings (SSSR count). The Kier molecular flexibility index (Phi) is 18.8. The number of hydrogen-bond donors (Lipinski definition) is 0. The van der Waals surface area contributed by atoms with Crippen molar-refractivity contribution >= 4 is 51.8 Å². The van der Waals surface area contributed by atoms with Gasteiger partial charge in [-0.1, -0.05) is 6.58 Å². The molecule has 2 aromatic heterocycles. The Labute approximate surface area is 227 Å². The summed E-state index contributed by atoms with van der Waals surface area (Å²) < 4.78 is 7.63. The first kappa shape index (κ1) is 33.9. The standard InChI is InChI=1S/C7H6N2O2.C5H3BrN2O2.3C4H9.C2H3.Sn/c1-2-6-5-7(9(10)11)3-4-8-6;6-5-3-4(8(9)10)1-2-7-5;3*1-3-4-2;1-2;/h2-5H,1H2;1-3H;3*1,3-4H2,2H3;1H,2H2;. The number of nitrogens with zero attached hydrogens (tertiary/aromatic N) is 4. The molecule has 2 aromatic rings. The minimum atomic E-state index is -1.85. The fourth-order valence-electron chi connectivity index (χ4n) is 3.44. The summed E-state index contributed by atoms with van der Waals surface area (Å²) in [5.74, 6) is 0. The van der Waals surface area contributed by atoms with Gasteiger partial charge in [-0.05, 0) is 22.0 Å². The quantitative estimate of drug-likeness (QED) is 0.0911. The van der Waals surface area contributed by atoms with Crippen molar-refractivity contribution in [1.29, 1.82) is 0 Å². The largest absolute Gasteiger partial charge is 0.273 e. The van der Waals surface area contributed by atoms with Gasteiger partial charge in [0.2, 0.25) is 0 Å². The first-order valence-corrected chi connectivity index (χ1v) is 20.8. The Morgan fingerprint density at radius 3 is 1.64 bits per heavy atom. The number of aromatic nitrogens is 2. The zero-order valence-corrected chi connectivity index (χ0v) is 26.1. The third-order valence-corrected chi connectivity index (χ3v) is 20.1. The Morgan fingerprint density at radius 1 is 0.861 bits per heavy atom. The third-order valence-electron chi connectivity index (χ3n) is 5.62. The molecule has 0 aliphatic rings. The molecule has 0 atom stereocenters. The average Bonchev–Trinajstić information content (AvgIpc) is 2.89. The van der Waals surface area contributed by atoms with Crippen molar-refractivity contribution in [2.45, 2.75) is 72.6 Å². The van der Waals surface area contributed by atoms with Gasteiger partial charge in [-0.3, -0.25) is 25.2 Å². The molecule has 0 spiro atoms. The van der Waals surface area contributed by atoms with Crippen LogP contribution in [0.2, 0.25) is 13.3 Å². The van der Waals surface area contributed by atoms with Crippen molar-refractivity contribution in [1.82, 2.24) is 9.97 Å². The Balaban J connectivity index is 0.000000522. The van der Waals surface area contributed by atoms with Crippen molar-refractivity contribution in [3.8, 4) is 0 Å². The van der Waals surface area contributed by atoms with E-state index in [1.807, 2.05) is 0 Å². The van der Waals surface area contributed by atoms with Gasteiger partial charge in [0.1, 0.15) is 4.60 Å². The number of hydrogen-bond acceptors (Lipinski definition) is 6. The zero-order valence-electron chi connectivity index (χ0n) is 21.7. The molecule has 0 aliphatic carbocycles. The summed E-state index contributed by atoms with van der Waals surface area (Å²) in [5, 5.41) is 20.3. The average molecular weight is 670 g/mol. The van der Waals surface area contributed by atoms with E-state index < -0.39 is 28.2 Å². The Hall–Kier alpha value is -2.14. The molecular weight excluding hydrogens is 631 g/mol. The van der Waals surface area contributed by atoms with Crippen LogP contribution < -0.4 is 0 Å². The summed E-state index contributed by atoms with van der Waals surface area (Å²) in [6.45, 7) is 14.6. The summed E-state index contributed by atoms with van der Waals surface area (Å²) in [5.41, 5.74) is 0.593. The fourth-order valence-corrected chi connectivity index (χ4v) is 16.7. The van der Waals surface area contributed by atoms with Crippen LogP contribution in [0.25, 0.3) is 6.08 Å². The molecule has 198 valence electrons. The summed E-state index contributed by atoms with van der Waals surface area (Å²) in [6, 6.07) is 5.39. The van der Waals surface area contributed by atoms with Gasteiger partial charge in [-0.2, -0.15) is 0 Å². The second-order valence-corrected chi connectivity index (χ2v) is 22.4. The Bertz CT molecular complexity index is 937. The Morgan fingerprint density at radius 2 is 1.31 bits per heavy atom. The summed E-state index contributed by atoms with van der Waals surface area (Å²) in [4.78, 5) is 26.9. The van der Waals surface area contributed by atoms with Crippen molar-refractivity contribution < 1.29 is 9.85 Å². The third kappa shape index (κ3) is 14.4. The van der Waals surface area contributed by atoms with Crippen LogP contribution in [0.3, 0.4) is 0 Å². The van der Waals surface area contributed by atoms with E-state index in [2.05, 4.69) is 63.9 Å². The summed E-state index contributed by atoms with van der Waals surface area (Å²) in [6.07, 6.45) is 12.7. The van der Waals surface area contributed by atoms with Crippen molar-refractivity contribution in [3.63, 3.8) is 0 Å². The number of nitro groups is 2. The second kappa shape index (κ2) is 20.0. The molecule has 0 aliphatic heterocycles. The maximum absolute atomic E-state index is 10.2. The summed E-state index contributed by atoms with van der Waals surface area (Å²) in [7, 11) is 0. The first-order chi connectivity index (χ1) is 17.2. The predicted octanol–water partition coefficient (Wildman–Crippen LogP) is 8.95. The van der Waals surface area contributed by atoms with E-state index in [9.17, 15) is 20.2 Å². The van der Waals surface area contributed by atoms with Gasteiger partial charge in [0.25, 0.3) is 11.4 Å². The summed E-state index contributed by atoms with van der Waals surface area (Å²) >= 11 is 1.16. The molecule has 8 nitrogen and oxygen atoms in total. The van der Waals surface area contributed by atoms with E-state index in [-0.39, 0.29) is 11.4 Å². The molecule has 36 heavy (non-hydrogen) atoms. The van der Waals surface area contributed by atoms with E-state index in [1.165, 1.54) is 81.3 Å². The molecule has 0 aromatic carbocycles. The fraction of sp³-hybridized carbons (Fsp3) is 0.462. The second-order valence-electron chi connectivity index (χ2n) is 8.37. The maximum Gasteiger partial charge on any atom is 0.273 e. The monoisotopic (exact) mass is 670 g/mol. The van der Waals surface area contributed by atoms with Crippen LogP contribution in [0.15, 0.2) is 58.5 Å². The molecule has 0 bridgehead atoms. The molecule has 0 N–H and O–H groups in total. The maximum atomic E-state index is 10.2. The molecule has 0 saturated carbocycles. The van der Waals surface area contributed by atoms with Crippen LogP contribution in [0.1, 0.15) is 65.0 Å². The van der Waals surface area contributed by atoms with Crippen LogP contribution in [-0.4, -0.2) is 38.2 Å². The molecule has 0 saturated heterocycles. The zero-order chi connectivity index (χ0) is 27.4. The number of rotatable bonds is 13. The van der Waals surface area contributed by atoms with Gasteiger partial charge >= 0.3 is 102 Å². The molecule has 0 fully saturated rings. The topological polar surface area (TPSA) is 112 Å². The smallest absolute Gasteiger partial charge is 0.258 e. The van der Waals surface area contributed by atoms with Gasteiger partial charge in [0.15, 0.2) is 0 Å². The van der Waals surface area contributed by atoms with Crippen LogP contribution in [0.4, 0.5) is 11.4 Å². The van der Waals surface area contributed by atoms with E-state index in [0.717, 1.165) is 0 Å². The number of pyridine rings is 2. The van der Waals surface area contributed by atoms with Crippen molar-refractivity contribution in [2.24, 2.45) is 0 Å². The first-order valence-electron chi connectivity index (χ1n) is 12.3. The predicted molar refractivity (Wildman–Crippen MR) is 155 cm³/mol. The minimum Gasteiger partial charge on any atom is -0.258 e. The van der Waals surface area contributed by atoms with Crippen molar-refractivity contribution in [3.05, 3.63) is 84.4 Å². The molecule has 2 heterocycles. The van der Waals surface area contributed by atoms with Crippen LogP contribution in [-0.2, 0) is 0 Å². The van der Waals surface area contributed by atoms with E-state index in [1.54, 1.807) is 13.3 Å². The van der Waals surface area contributed by atoms with Crippen LogP contribution >= 0.6 is 15.9 Å². The molecule has 0 amide bonds. The molecule has 10 heteroatoms. The SMILES string of the molecule is C=Cc1cc([N+](=O)[O-])ccn1.C=[CH][Sn]([CH2]CCC)([CH2]CCC)[CH2]CCC.O=[N+]([O-])c1ccnc(Br)c1. The van der Waals surface area contributed by atoms with Gasteiger partial charge < -0.3 is 0 Å². The van der Waals surface area contributed by atoms with Gasteiger partial charge in [0.05, 0.1) is 15.5 Å². The minimum absolute atomic E-state index is 0.0369.